The monoisotopic (exact) mass is 250 g/mol. The normalized spacial score (nSPS) is 19.3. The summed E-state index contributed by atoms with van der Waals surface area (Å²) in [6, 6.07) is 1.68. The molecule has 1 aliphatic rings. The maximum Gasteiger partial charge on any atom is 0.229 e. The first-order valence-corrected chi connectivity index (χ1v) is 5.99. The number of anilines is 1. The van der Waals surface area contributed by atoms with Crippen molar-refractivity contribution in [2.24, 2.45) is 5.41 Å². The van der Waals surface area contributed by atoms with E-state index in [0.717, 1.165) is 0 Å². The van der Waals surface area contributed by atoms with Crippen LogP contribution in [-0.2, 0) is 16.1 Å². The fourth-order valence-electron chi connectivity index (χ4n) is 2.16. The average Bonchev–Trinajstić information content (AvgIpc) is 2.61. The van der Waals surface area contributed by atoms with Gasteiger partial charge in [-0.15, -0.1) is 0 Å². The van der Waals surface area contributed by atoms with E-state index in [1.54, 1.807) is 16.9 Å². The molecule has 0 aliphatic carbocycles. The highest BCUT2D eigenvalue weighted by Crippen LogP contribution is 2.31. The van der Waals surface area contributed by atoms with Crippen LogP contribution in [0.3, 0.4) is 0 Å². The maximum absolute atomic E-state index is 11.9. The van der Waals surface area contributed by atoms with Crippen LogP contribution in [0, 0.1) is 5.41 Å². The fourth-order valence-corrected chi connectivity index (χ4v) is 2.16. The Labute approximate surface area is 106 Å². The van der Waals surface area contributed by atoms with Gasteiger partial charge in [0.2, 0.25) is 11.8 Å². The summed E-state index contributed by atoms with van der Waals surface area (Å²) in [5.41, 5.74) is 5.28. The zero-order valence-electron chi connectivity index (χ0n) is 10.7. The number of nitrogens with two attached hydrogens (primary N) is 1. The van der Waals surface area contributed by atoms with Gasteiger partial charge in [-0.05, 0) is 11.5 Å². The molecule has 2 N–H and O–H groups in total. The molecule has 0 aromatic carbocycles. The minimum absolute atomic E-state index is 0.101. The third kappa shape index (κ3) is 2.69. The van der Waals surface area contributed by atoms with Gasteiger partial charge in [0.15, 0.2) is 0 Å². The molecule has 0 spiro atoms. The van der Waals surface area contributed by atoms with E-state index in [9.17, 15) is 9.59 Å². The Morgan fingerprint density at radius 1 is 1.28 bits per heavy atom. The average molecular weight is 250 g/mol. The molecule has 0 saturated carbocycles. The third-order valence-corrected chi connectivity index (χ3v) is 3.08. The summed E-state index contributed by atoms with van der Waals surface area (Å²) in [5, 5.41) is 4.02. The SMILES string of the molecule is CC1(C)CC(=O)N(CCn2ccc(N)n2)C(=O)C1. The number of carbonyl (C=O) groups is 2. The molecule has 2 amide bonds. The van der Waals surface area contributed by atoms with Crippen molar-refractivity contribution in [2.75, 3.05) is 12.3 Å². The van der Waals surface area contributed by atoms with Crippen molar-refractivity contribution in [2.45, 2.75) is 33.2 Å². The standard InChI is InChI=1S/C12H18N4O2/c1-12(2)7-10(17)16(11(18)8-12)6-5-15-4-3-9(13)14-15/h3-4H,5-8H2,1-2H3,(H2,13,14). The second-order valence-electron chi connectivity index (χ2n) is 5.46. The Balaban J connectivity index is 1.97. The molecular formula is C12H18N4O2. The molecular weight excluding hydrogens is 232 g/mol. The van der Waals surface area contributed by atoms with Crippen LogP contribution >= 0.6 is 0 Å². The Kier molecular flexibility index (Phi) is 3.11. The zero-order chi connectivity index (χ0) is 13.3. The number of likely N-dealkylation sites (tertiary alicyclic amines) is 1. The van der Waals surface area contributed by atoms with E-state index in [1.807, 2.05) is 13.8 Å². The van der Waals surface area contributed by atoms with Gasteiger partial charge in [0, 0.05) is 25.6 Å². The van der Waals surface area contributed by atoms with Crippen molar-refractivity contribution in [3.8, 4) is 0 Å². The van der Waals surface area contributed by atoms with E-state index >= 15 is 0 Å². The molecule has 2 rings (SSSR count). The summed E-state index contributed by atoms with van der Waals surface area (Å²) in [6.07, 6.45) is 2.57. The van der Waals surface area contributed by atoms with Crippen LogP contribution < -0.4 is 5.73 Å². The van der Waals surface area contributed by atoms with Crippen LogP contribution in [0.4, 0.5) is 5.82 Å². The number of nitrogen functional groups attached to an aromatic ring is 1. The van der Waals surface area contributed by atoms with Gasteiger partial charge >= 0.3 is 0 Å². The van der Waals surface area contributed by atoms with Gasteiger partial charge in [-0.1, -0.05) is 13.8 Å². The Hall–Kier alpha value is -1.85. The van der Waals surface area contributed by atoms with Crippen molar-refractivity contribution in [1.82, 2.24) is 14.7 Å². The number of hydrogen-bond donors (Lipinski definition) is 1. The van der Waals surface area contributed by atoms with E-state index in [4.69, 9.17) is 5.73 Å². The van der Waals surface area contributed by atoms with Crippen molar-refractivity contribution in [1.29, 1.82) is 0 Å². The van der Waals surface area contributed by atoms with Gasteiger partial charge in [0.05, 0.1) is 6.54 Å². The Morgan fingerprint density at radius 3 is 2.39 bits per heavy atom. The molecule has 2 heterocycles. The van der Waals surface area contributed by atoms with Crippen molar-refractivity contribution >= 4 is 17.6 Å². The molecule has 6 nitrogen and oxygen atoms in total. The molecule has 0 radical (unpaired) electrons. The minimum Gasteiger partial charge on any atom is -0.382 e. The molecule has 1 aromatic rings. The van der Waals surface area contributed by atoms with Crippen LogP contribution in [-0.4, -0.2) is 33.0 Å². The minimum atomic E-state index is -0.221. The summed E-state index contributed by atoms with van der Waals surface area (Å²) in [6.45, 7) is 4.71. The van der Waals surface area contributed by atoms with Crippen molar-refractivity contribution in [3.63, 3.8) is 0 Å². The van der Waals surface area contributed by atoms with Crippen LogP contribution in [0.25, 0.3) is 0 Å². The number of hydrogen-bond acceptors (Lipinski definition) is 4. The molecule has 1 saturated heterocycles. The molecule has 0 bridgehead atoms. The number of piperidine rings is 1. The molecule has 18 heavy (non-hydrogen) atoms. The van der Waals surface area contributed by atoms with Gasteiger partial charge in [-0.2, -0.15) is 5.10 Å². The molecule has 0 atom stereocenters. The second-order valence-corrected chi connectivity index (χ2v) is 5.46. The predicted molar refractivity (Wildman–Crippen MR) is 66.4 cm³/mol. The lowest BCUT2D eigenvalue weighted by atomic mass is 9.82. The molecule has 0 unspecified atom stereocenters. The summed E-state index contributed by atoms with van der Waals surface area (Å²) in [5.74, 6) is 0.236. The number of nitrogens with zero attached hydrogens (tertiary/aromatic N) is 3. The highest BCUT2D eigenvalue weighted by atomic mass is 16.2. The molecule has 1 fully saturated rings. The van der Waals surface area contributed by atoms with E-state index in [2.05, 4.69) is 5.10 Å². The van der Waals surface area contributed by atoms with E-state index in [-0.39, 0.29) is 17.2 Å². The first-order chi connectivity index (χ1) is 8.37. The summed E-state index contributed by atoms with van der Waals surface area (Å²) in [4.78, 5) is 25.1. The van der Waals surface area contributed by atoms with Crippen molar-refractivity contribution in [3.05, 3.63) is 12.3 Å². The topological polar surface area (TPSA) is 81.2 Å². The summed E-state index contributed by atoms with van der Waals surface area (Å²) >= 11 is 0. The second kappa shape index (κ2) is 4.44. The summed E-state index contributed by atoms with van der Waals surface area (Å²) in [7, 11) is 0. The Morgan fingerprint density at radius 2 is 1.89 bits per heavy atom. The number of carbonyl (C=O) groups excluding carboxylic acids is 2. The molecule has 6 heteroatoms. The van der Waals surface area contributed by atoms with Gasteiger partial charge in [-0.3, -0.25) is 19.2 Å². The number of aromatic nitrogens is 2. The predicted octanol–water partition coefficient (Wildman–Crippen LogP) is 0.640. The number of imide groups is 1. The van der Waals surface area contributed by atoms with Crippen LogP contribution in [0.15, 0.2) is 12.3 Å². The Bertz CT molecular complexity index is 458. The van der Waals surface area contributed by atoms with Gasteiger partial charge in [0.1, 0.15) is 5.82 Å². The fraction of sp³-hybridized carbons (Fsp3) is 0.583. The first kappa shape index (κ1) is 12.6. The zero-order valence-corrected chi connectivity index (χ0v) is 10.7. The van der Waals surface area contributed by atoms with E-state index in [1.165, 1.54) is 4.90 Å². The van der Waals surface area contributed by atoms with Crippen LogP contribution in [0.2, 0.25) is 0 Å². The van der Waals surface area contributed by atoms with Crippen LogP contribution in [0.1, 0.15) is 26.7 Å². The van der Waals surface area contributed by atoms with Gasteiger partial charge < -0.3 is 5.73 Å². The summed E-state index contributed by atoms with van der Waals surface area (Å²) < 4.78 is 1.63. The smallest absolute Gasteiger partial charge is 0.229 e. The van der Waals surface area contributed by atoms with E-state index < -0.39 is 0 Å². The van der Waals surface area contributed by atoms with Crippen molar-refractivity contribution < 1.29 is 9.59 Å². The first-order valence-electron chi connectivity index (χ1n) is 5.99. The quantitative estimate of drug-likeness (QED) is 0.798. The molecule has 1 aromatic heterocycles. The van der Waals surface area contributed by atoms with Gasteiger partial charge in [0.25, 0.3) is 0 Å². The lowest BCUT2D eigenvalue weighted by Crippen LogP contribution is -2.47. The highest BCUT2D eigenvalue weighted by Gasteiger charge is 2.36. The van der Waals surface area contributed by atoms with Gasteiger partial charge in [-0.25, -0.2) is 0 Å². The third-order valence-electron chi connectivity index (χ3n) is 3.08. The number of amides is 2. The largest absolute Gasteiger partial charge is 0.382 e. The van der Waals surface area contributed by atoms with Crippen LogP contribution in [0.5, 0.6) is 0 Å². The maximum atomic E-state index is 11.9. The number of rotatable bonds is 3. The van der Waals surface area contributed by atoms with E-state index in [0.29, 0.717) is 31.7 Å². The highest BCUT2D eigenvalue weighted by molar-refractivity contribution is 5.98. The lowest BCUT2D eigenvalue weighted by molar-refractivity contribution is -0.152. The lowest BCUT2D eigenvalue weighted by Gasteiger charge is -2.34. The molecule has 1 aliphatic heterocycles. The molecule has 98 valence electrons.